The molecule has 0 fully saturated rings. The fourth-order valence-corrected chi connectivity index (χ4v) is 2.05. The maximum atomic E-state index is 12.0. The van der Waals surface area contributed by atoms with Crippen LogP contribution in [0.2, 0.25) is 5.02 Å². The van der Waals surface area contributed by atoms with E-state index >= 15 is 0 Å². The Hall–Kier alpha value is -1.55. The van der Waals surface area contributed by atoms with Crippen molar-refractivity contribution >= 4 is 23.5 Å². The van der Waals surface area contributed by atoms with Gasteiger partial charge in [-0.1, -0.05) is 23.7 Å². The molecule has 0 saturated carbocycles. The third-order valence-corrected chi connectivity index (χ3v) is 3.12. The van der Waals surface area contributed by atoms with Gasteiger partial charge in [0.2, 0.25) is 5.91 Å². The molecule has 0 spiro atoms. The monoisotopic (exact) mass is 267 g/mol. The largest absolute Gasteiger partial charge is 0.349 e. The summed E-state index contributed by atoms with van der Waals surface area (Å²) in [5.74, 6) is -0.555. The van der Waals surface area contributed by atoms with Crippen LogP contribution in [-0.2, 0) is 4.79 Å². The van der Waals surface area contributed by atoms with Crippen molar-refractivity contribution in [3.05, 3.63) is 34.3 Å². The molecule has 1 aromatic carbocycles. The molecule has 0 bridgehead atoms. The van der Waals surface area contributed by atoms with Crippen molar-refractivity contribution < 1.29 is 4.79 Å². The molecule has 1 rings (SSSR count). The van der Waals surface area contributed by atoms with Crippen molar-refractivity contribution in [2.45, 2.75) is 19.8 Å². The average molecular weight is 268 g/mol. The van der Waals surface area contributed by atoms with E-state index in [1.807, 2.05) is 19.1 Å². The van der Waals surface area contributed by atoms with Crippen LogP contribution in [0.5, 0.6) is 0 Å². The van der Waals surface area contributed by atoms with E-state index in [1.165, 1.54) is 4.90 Å². The van der Waals surface area contributed by atoms with E-state index in [0.29, 0.717) is 5.02 Å². The highest BCUT2D eigenvalue weighted by Gasteiger charge is 2.20. The minimum atomic E-state index is -0.390. The Kier molecular flexibility index (Phi) is 4.73. The summed E-state index contributed by atoms with van der Waals surface area (Å²) in [6.07, 6.45) is 0. The molecule has 0 aliphatic carbocycles. The molecule has 4 nitrogen and oxygen atoms in total. The first-order valence-electron chi connectivity index (χ1n) is 5.66. The minimum absolute atomic E-state index is 0.0663. The first-order valence-corrected chi connectivity index (χ1v) is 6.04. The Labute approximate surface area is 112 Å². The molecule has 1 amide bonds. The van der Waals surface area contributed by atoms with Gasteiger partial charge in [-0.25, -0.2) is 0 Å². The Morgan fingerprint density at radius 2 is 2.06 bits per heavy atom. The van der Waals surface area contributed by atoms with Gasteiger partial charge < -0.3 is 4.90 Å². The topological polar surface area (TPSA) is 56.2 Å². The smallest absolute Gasteiger partial charge is 0.233 e. The minimum Gasteiger partial charge on any atom is -0.349 e. The molecule has 5 heteroatoms. The second kappa shape index (κ2) is 5.87. The highest BCUT2D eigenvalue weighted by Crippen LogP contribution is 2.27. The van der Waals surface area contributed by atoms with Crippen molar-refractivity contribution in [3.63, 3.8) is 0 Å². The molecular weight excluding hydrogens is 250 g/mol. The number of hydrogen-bond donors (Lipinski definition) is 2. The lowest BCUT2D eigenvalue weighted by Gasteiger charge is -2.19. The number of carbonyl (C=O) groups excluding carboxylic acids is 1. The van der Waals surface area contributed by atoms with E-state index in [1.54, 1.807) is 27.1 Å². The average Bonchev–Trinajstić information content (AvgIpc) is 2.28. The molecule has 0 saturated heterocycles. The Morgan fingerprint density at radius 1 is 1.44 bits per heavy atom. The van der Waals surface area contributed by atoms with Gasteiger partial charge in [-0.3, -0.25) is 15.5 Å². The van der Waals surface area contributed by atoms with Crippen LogP contribution in [-0.4, -0.2) is 30.9 Å². The third-order valence-electron chi connectivity index (χ3n) is 2.79. The lowest BCUT2D eigenvalue weighted by molar-refractivity contribution is -0.120. The number of guanidine groups is 1. The Balaban J connectivity index is 2.91. The van der Waals surface area contributed by atoms with Crippen LogP contribution in [0.4, 0.5) is 0 Å². The van der Waals surface area contributed by atoms with Gasteiger partial charge in [-0.05, 0) is 31.0 Å². The summed E-state index contributed by atoms with van der Waals surface area (Å²) < 4.78 is 0. The third kappa shape index (κ3) is 3.23. The second-order valence-electron chi connectivity index (χ2n) is 4.42. The van der Waals surface area contributed by atoms with Crippen LogP contribution in [0, 0.1) is 12.3 Å². The summed E-state index contributed by atoms with van der Waals surface area (Å²) in [7, 11) is 3.40. The molecule has 98 valence electrons. The van der Waals surface area contributed by atoms with Gasteiger partial charge in [-0.15, -0.1) is 0 Å². The number of amides is 1. The zero-order valence-electron chi connectivity index (χ0n) is 11.0. The standard InChI is InChI=1S/C13H18ClN3O/c1-8-6-5-7-10(14)11(8)9(2)12(18)16-13(15)17(3)4/h5-7,9H,1-4H3,(H2,15,16,18). The van der Waals surface area contributed by atoms with Crippen LogP contribution in [0.25, 0.3) is 0 Å². The SMILES string of the molecule is Cc1cccc(Cl)c1C(C)C(=O)NC(=N)N(C)C. The maximum Gasteiger partial charge on any atom is 0.233 e. The summed E-state index contributed by atoms with van der Waals surface area (Å²) in [6.45, 7) is 3.70. The molecule has 0 aliphatic heterocycles. The lowest BCUT2D eigenvalue weighted by Crippen LogP contribution is -2.41. The van der Waals surface area contributed by atoms with Gasteiger partial charge in [0, 0.05) is 19.1 Å². The number of benzene rings is 1. The van der Waals surface area contributed by atoms with Crippen LogP contribution in [0.3, 0.4) is 0 Å². The molecule has 1 atom stereocenters. The fourth-order valence-electron chi connectivity index (χ4n) is 1.66. The van der Waals surface area contributed by atoms with Crippen molar-refractivity contribution in [1.29, 1.82) is 5.41 Å². The zero-order valence-corrected chi connectivity index (χ0v) is 11.8. The number of nitrogens with zero attached hydrogens (tertiary/aromatic N) is 1. The maximum absolute atomic E-state index is 12.0. The number of nitrogens with one attached hydrogen (secondary N) is 2. The molecule has 1 unspecified atom stereocenters. The Morgan fingerprint density at radius 3 is 2.56 bits per heavy atom. The summed E-state index contributed by atoms with van der Waals surface area (Å²) in [4.78, 5) is 13.6. The summed E-state index contributed by atoms with van der Waals surface area (Å²) >= 11 is 6.12. The molecule has 2 N–H and O–H groups in total. The van der Waals surface area contributed by atoms with Crippen molar-refractivity contribution in [2.75, 3.05) is 14.1 Å². The van der Waals surface area contributed by atoms with E-state index in [9.17, 15) is 4.79 Å². The highest BCUT2D eigenvalue weighted by molar-refractivity contribution is 6.31. The number of aryl methyl sites for hydroxylation is 1. The quantitative estimate of drug-likeness (QED) is 0.638. The molecular formula is C13H18ClN3O. The molecule has 0 aromatic heterocycles. The van der Waals surface area contributed by atoms with Crippen molar-refractivity contribution in [3.8, 4) is 0 Å². The van der Waals surface area contributed by atoms with Crippen LogP contribution in [0.15, 0.2) is 18.2 Å². The van der Waals surface area contributed by atoms with Gasteiger partial charge in [0.15, 0.2) is 5.96 Å². The first-order chi connectivity index (χ1) is 8.34. The normalized spacial score (nSPS) is 11.8. The van der Waals surface area contributed by atoms with E-state index in [-0.39, 0.29) is 17.8 Å². The summed E-state index contributed by atoms with van der Waals surface area (Å²) in [5.41, 5.74) is 1.78. The number of rotatable bonds is 2. The van der Waals surface area contributed by atoms with E-state index in [4.69, 9.17) is 17.0 Å². The Bertz CT molecular complexity index is 451. The van der Waals surface area contributed by atoms with Crippen molar-refractivity contribution in [1.82, 2.24) is 10.2 Å². The summed E-state index contributed by atoms with van der Waals surface area (Å²) in [6, 6.07) is 5.54. The molecule has 0 radical (unpaired) electrons. The van der Waals surface area contributed by atoms with Gasteiger partial charge in [0.1, 0.15) is 0 Å². The molecule has 0 heterocycles. The molecule has 1 aromatic rings. The predicted molar refractivity (Wildman–Crippen MR) is 74.2 cm³/mol. The van der Waals surface area contributed by atoms with Gasteiger partial charge in [0.25, 0.3) is 0 Å². The number of hydrogen-bond acceptors (Lipinski definition) is 2. The van der Waals surface area contributed by atoms with Gasteiger partial charge in [-0.2, -0.15) is 0 Å². The fraction of sp³-hybridized carbons (Fsp3) is 0.385. The highest BCUT2D eigenvalue weighted by atomic mass is 35.5. The zero-order chi connectivity index (χ0) is 13.9. The van der Waals surface area contributed by atoms with Crippen LogP contribution in [0.1, 0.15) is 24.0 Å². The first kappa shape index (κ1) is 14.5. The van der Waals surface area contributed by atoms with Gasteiger partial charge in [0.05, 0.1) is 5.92 Å². The van der Waals surface area contributed by atoms with E-state index in [0.717, 1.165) is 11.1 Å². The van der Waals surface area contributed by atoms with Crippen LogP contribution < -0.4 is 5.32 Å². The molecule has 18 heavy (non-hydrogen) atoms. The second-order valence-corrected chi connectivity index (χ2v) is 4.83. The van der Waals surface area contributed by atoms with E-state index in [2.05, 4.69) is 5.32 Å². The van der Waals surface area contributed by atoms with Gasteiger partial charge >= 0.3 is 0 Å². The van der Waals surface area contributed by atoms with E-state index < -0.39 is 0 Å². The molecule has 0 aliphatic rings. The number of halogens is 1. The number of carbonyl (C=O) groups is 1. The van der Waals surface area contributed by atoms with Crippen molar-refractivity contribution in [2.24, 2.45) is 0 Å². The lowest BCUT2D eigenvalue weighted by atomic mass is 9.95. The summed E-state index contributed by atoms with van der Waals surface area (Å²) in [5, 5.41) is 10.7. The van der Waals surface area contributed by atoms with Crippen LogP contribution >= 0.6 is 11.6 Å². The predicted octanol–water partition coefficient (Wildman–Crippen LogP) is 2.36.